The molecule has 0 aliphatic heterocycles. The molecule has 0 aliphatic carbocycles. The molecule has 0 radical (unpaired) electrons. The molecule has 4 heteroatoms. The number of hydrogen-bond donors (Lipinski definition) is 0. The average Bonchev–Trinajstić information content (AvgIpc) is 2.49. The predicted molar refractivity (Wildman–Crippen MR) is 100 cm³/mol. The second-order valence-corrected chi connectivity index (χ2v) is 8.11. The first-order chi connectivity index (χ1) is 11.1. The Morgan fingerprint density at radius 1 is 0.696 bits per heavy atom. The van der Waals surface area contributed by atoms with Crippen molar-refractivity contribution in [1.82, 2.24) is 0 Å². The lowest BCUT2D eigenvalue weighted by atomic mass is 10.1. The van der Waals surface area contributed by atoms with Crippen molar-refractivity contribution in [3.8, 4) is 0 Å². The Hall–Kier alpha value is -0.350. The molecule has 0 aromatic carbocycles. The van der Waals surface area contributed by atoms with E-state index >= 15 is 0 Å². The molecule has 0 spiro atoms. The summed E-state index contributed by atoms with van der Waals surface area (Å²) in [6.45, 7) is 2.59. The first kappa shape index (κ1) is 22.6. The molecule has 0 heterocycles. The van der Waals surface area contributed by atoms with E-state index in [0.717, 1.165) is 31.9 Å². The Kier molecular flexibility index (Phi) is 16.3. The summed E-state index contributed by atoms with van der Waals surface area (Å²) >= 11 is 0. The van der Waals surface area contributed by atoms with Gasteiger partial charge in [0.25, 0.3) is 10.1 Å². The van der Waals surface area contributed by atoms with Crippen LogP contribution in [-0.4, -0.2) is 21.3 Å². The zero-order chi connectivity index (χ0) is 17.2. The molecule has 0 fully saturated rings. The SMILES string of the molecule is CCCCCCCCCCC/C=C\CCCCCOS(C)(=O)=O. The lowest BCUT2D eigenvalue weighted by Gasteiger charge is -2.01. The van der Waals surface area contributed by atoms with E-state index in [9.17, 15) is 8.42 Å². The Labute approximate surface area is 145 Å². The summed E-state index contributed by atoms with van der Waals surface area (Å²) in [6.07, 6.45) is 23.4. The van der Waals surface area contributed by atoms with Crippen LogP contribution in [0.5, 0.6) is 0 Å². The van der Waals surface area contributed by atoms with E-state index in [1.807, 2.05) is 0 Å². The monoisotopic (exact) mass is 346 g/mol. The Bertz CT molecular complexity index is 361. The largest absolute Gasteiger partial charge is 0.270 e. The molecule has 0 aliphatic rings. The summed E-state index contributed by atoms with van der Waals surface area (Å²) in [7, 11) is -3.26. The lowest BCUT2D eigenvalue weighted by molar-refractivity contribution is 0.310. The van der Waals surface area contributed by atoms with Crippen molar-refractivity contribution >= 4 is 10.1 Å². The van der Waals surface area contributed by atoms with Crippen molar-refractivity contribution in [1.29, 1.82) is 0 Å². The van der Waals surface area contributed by atoms with Crippen LogP contribution in [0.15, 0.2) is 12.2 Å². The van der Waals surface area contributed by atoms with Gasteiger partial charge in [0.2, 0.25) is 0 Å². The van der Waals surface area contributed by atoms with Crippen LogP contribution >= 0.6 is 0 Å². The molecule has 3 nitrogen and oxygen atoms in total. The van der Waals surface area contributed by atoms with Crippen molar-refractivity contribution in [2.45, 2.75) is 96.8 Å². The quantitative estimate of drug-likeness (QED) is 0.184. The molecule has 0 N–H and O–H groups in total. The second kappa shape index (κ2) is 16.5. The maximum atomic E-state index is 10.8. The van der Waals surface area contributed by atoms with Crippen LogP contribution < -0.4 is 0 Å². The highest BCUT2D eigenvalue weighted by atomic mass is 32.2. The predicted octanol–water partition coefficient (Wildman–Crippen LogP) is 6.00. The maximum Gasteiger partial charge on any atom is 0.264 e. The number of allylic oxidation sites excluding steroid dienone is 2. The molecule has 0 atom stereocenters. The maximum absolute atomic E-state index is 10.8. The minimum Gasteiger partial charge on any atom is -0.270 e. The topological polar surface area (TPSA) is 43.4 Å². The highest BCUT2D eigenvalue weighted by Gasteiger charge is 1.99. The molecule has 138 valence electrons. The Morgan fingerprint density at radius 3 is 1.61 bits per heavy atom. The summed E-state index contributed by atoms with van der Waals surface area (Å²) < 4.78 is 26.2. The van der Waals surface area contributed by atoms with Crippen LogP contribution in [0.1, 0.15) is 96.8 Å². The van der Waals surface area contributed by atoms with Gasteiger partial charge in [-0.15, -0.1) is 0 Å². The van der Waals surface area contributed by atoms with E-state index in [2.05, 4.69) is 19.1 Å². The minimum atomic E-state index is -3.26. The first-order valence-corrected chi connectivity index (χ1v) is 11.4. The van der Waals surface area contributed by atoms with E-state index in [4.69, 9.17) is 4.18 Å². The van der Waals surface area contributed by atoms with Crippen LogP contribution in [0, 0.1) is 0 Å². The summed E-state index contributed by atoms with van der Waals surface area (Å²) in [5.41, 5.74) is 0. The fourth-order valence-corrected chi connectivity index (χ4v) is 2.98. The van der Waals surface area contributed by atoms with Gasteiger partial charge < -0.3 is 0 Å². The molecule has 23 heavy (non-hydrogen) atoms. The Morgan fingerprint density at radius 2 is 1.13 bits per heavy atom. The van der Waals surface area contributed by atoms with Gasteiger partial charge in [0.15, 0.2) is 0 Å². The van der Waals surface area contributed by atoms with Crippen molar-refractivity contribution in [3.05, 3.63) is 12.2 Å². The highest BCUT2D eigenvalue weighted by Crippen LogP contribution is 2.11. The van der Waals surface area contributed by atoms with Gasteiger partial charge in [-0.05, 0) is 32.1 Å². The highest BCUT2D eigenvalue weighted by molar-refractivity contribution is 7.85. The van der Waals surface area contributed by atoms with Gasteiger partial charge in [0.1, 0.15) is 0 Å². The molecule has 0 unspecified atom stereocenters. The molecule has 0 saturated carbocycles. The van der Waals surface area contributed by atoms with Gasteiger partial charge in [-0.25, -0.2) is 0 Å². The summed E-state index contributed by atoms with van der Waals surface area (Å²) in [5.74, 6) is 0. The van der Waals surface area contributed by atoms with Gasteiger partial charge in [-0.1, -0.05) is 76.9 Å². The normalized spacial score (nSPS) is 12.3. The molecule has 0 rings (SSSR count). The first-order valence-electron chi connectivity index (χ1n) is 9.55. The van der Waals surface area contributed by atoms with E-state index in [0.29, 0.717) is 6.61 Å². The zero-order valence-corrected chi connectivity index (χ0v) is 16.2. The molecular formula is C19H38O3S. The van der Waals surface area contributed by atoms with E-state index in [-0.39, 0.29) is 0 Å². The molecule has 0 aromatic rings. The zero-order valence-electron chi connectivity index (χ0n) is 15.4. The van der Waals surface area contributed by atoms with Crippen LogP contribution in [-0.2, 0) is 14.3 Å². The van der Waals surface area contributed by atoms with Gasteiger partial charge in [-0.3, -0.25) is 4.18 Å². The van der Waals surface area contributed by atoms with Gasteiger partial charge in [0.05, 0.1) is 12.9 Å². The number of unbranched alkanes of at least 4 members (excludes halogenated alkanes) is 12. The third-order valence-electron chi connectivity index (χ3n) is 3.95. The van der Waals surface area contributed by atoms with E-state index in [1.54, 1.807) is 0 Å². The van der Waals surface area contributed by atoms with Gasteiger partial charge in [-0.2, -0.15) is 8.42 Å². The van der Waals surface area contributed by atoms with Crippen molar-refractivity contribution in [2.24, 2.45) is 0 Å². The van der Waals surface area contributed by atoms with E-state index in [1.165, 1.54) is 64.2 Å². The lowest BCUT2D eigenvalue weighted by Crippen LogP contribution is -2.03. The van der Waals surface area contributed by atoms with Crippen molar-refractivity contribution in [3.63, 3.8) is 0 Å². The van der Waals surface area contributed by atoms with Crippen LogP contribution in [0.2, 0.25) is 0 Å². The molecule has 0 saturated heterocycles. The van der Waals surface area contributed by atoms with Crippen LogP contribution in [0.3, 0.4) is 0 Å². The summed E-state index contributed by atoms with van der Waals surface area (Å²) in [4.78, 5) is 0. The standard InChI is InChI=1S/C19H38O3S/c1-3-4-5-6-7-8-9-10-11-12-13-14-15-16-17-18-19-22-23(2,20)21/h13-14H,3-12,15-19H2,1-2H3/b14-13-. The van der Waals surface area contributed by atoms with Crippen molar-refractivity contribution < 1.29 is 12.6 Å². The third kappa shape index (κ3) is 21.6. The Balaban J connectivity index is 3.14. The third-order valence-corrected chi connectivity index (χ3v) is 4.55. The number of rotatable bonds is 17. The number of hydrogen-bond acceptors (Lipinski definition) is 3. The van der Waals surface area contributed by atoms with Crippen LogP contribution in [0.4, 0.5) is 0 Å². The van der Waals surface area contributed by atoms with Crippen molar-refractivity contribution in [2.75, 3.05) is 12.9 Å². The minimum absolute atomic E-state index is 0.320. The summed E-state index contributed by atoms with van der Waals surface area (Å²) in [6, 6.07) is 0. The smallest absolute Gasteiger partial charge is 0.264 e. The second-order valence-electron chi connectivity index (χ2n) is 6.46. The van der Waals surface area contributed by atoms with Gasteiger partial charge in [0, 0.05) is 0 Å². The van der Waals surface area contributed by atoms with Crippen LogP contribution in [0.25, 0.3) is 0 Å². The molecule has 0 bridgehead atoms. The molecule has 0 amide bonds. The van der Waals surface area contributed by atoms with Gasteiger partial charge >= 0.3 is 0 Å². The average molecular weight is 347 g/mol. The van der Waals surface area contributed by atoms with E-state index < -0.39 is 10.1 Å². The molecule has 0 aromatic heterocycles. The fourth-order valence-electron chi connectivity index (χ4n) is 2.56. The fraction of sp³-hybridized carbons (Fsp3) is 0.895. The summed E-state index contributed by atoms with van der Waals surface area (Å²) in [5, 5.41) is 0. The molecular weight excluding hydrogens is 308 g/mol.